The highest BCUT2D eigenvalue weighted by Gasteiger charge is 2.27. The lowest BCUT2D eigenvalue weighted by molar-refractivity contribution is -0.105. The summed E-state index contributed by atoms with van der Waals surface area (Å²) in [6.45, 7) is 9.44. The molecule has 1 atom stereocenters. The van der Waals surface area contributed by atoms with Gasteiger partial charge >= 0.3 is 0 Å². The molecule has 0 aromatic heterocycles. The number of rotatable bonds is 5. The van der Waals surface area contributed by atoms with E-state index in [0.717, 1.165) is 36.9 Å². The number of carbonyl (C=O) groups is 1. The second kappa shape index (κ2) is 6.04. The van der Waals surface area contributed by atoms with Gasteiger partial charge in [0, 0.05) is 5.57 Å². The van der Waals surface area contributed by atoms with Crippen LogP contribution in [0.5, 0.6) is 0 Å². The number of carbonyl (C=O) groups excluding carboxylic acids is 1. The van der Waals surface area contributed by atoms with Gasteiger partial charge in [0.05, 0.1) is 6.61 Å². The standard InChI is InChI=1S/C15H24O2/c1-5-6-9-17-14-8-7-13(15(2,3)4)10-12(14)11-16/h7-8,11,13H,5-6,9-10H2,1-4H3. The van der Waals surface area contributed by atoms with Gasteiger partial charge in [0.1, 0.15) is 12.0 Å². The highest BCUT2D eigenvalue weighted by molar-refractivity contribution is 5.75. The molecule has 0 spiro atoms. The summed E-state index contributed by atoms with van der Waals surface area (Å²) in [6, 6.07) is 0. The van der Waals surface area contributed by atoms with Crippen LogP contribution < -0.4 is 0 Å². The van der Waals surface area contributed by atoms with E-state index in [1.54, 1.807) is 0 Å². The van der Waals surface area contributed by atoms with Crippen molar-refractivity contribution in [2.24, 2.45) is 11.3 Å². The molecule has 0 aromatic rings. The molecule has 1 aliphatic rings. The lowest BCUT2D eigenvalue weighted by Crippen LogP contribution is -2.22. The molecule has 0 aliphatic heterocycles. The van der Waals surface area contributed by atoms with Gasteiger partial charge in [0.15, 0.2) is 0 Å². The molecule has 17 heavy (non-hydrogen) atoms. The summed E-state index contributed by atoms with van der Waals surface area (Å²) in [7, 11) is 0. The Morgan fingerprint density at radius 3 is 2.71 bits per heavy atom. The summed E-state index contributed by atoms with van der Waals surface area (Å²) < 4.78 is 5.65. The fourth-order valence-corrected chi connectivity index (χ4v) is 1.88. The summed E-state index contributed by atoms with van der Waals surface area (Å²) >= 11 is 0. The first-order chi connectivity index (χ1) is 7.99. The predicted octanol–water partition coefficient (Wildman–Crippen LogP) is 3.88. The monoisotopic (exact) mass is 236 g/mol. The smallest absolute Gasteiger partial charge is 0.149 e. The van der Waals surface area contributed by atoms with Crippen LogP contribution in [0.25, 0.3) is 0 Å². The number of hydrogen-bond acceptors (Lipinski definition) is 2. The molecule has 0 fully saturated rings. The maximum absolute atomic E-state index is 11.1. The number of ether oxygens (including phenoxy) is 1. The summed E-state index contributed by atoms with van der Waals surface area (Å²) in [6.07, 6.45) is 8.03. The molecule has 96 valence electrons. The summed E-state index contributed by atoms with van der Waals surface area (Å²) in [5.41, 5.74) is 1.00. The second-order valence-corrected chi connectivity index (χ2v) is 5.75. The molecular weight excluding hydrogens is 212 g/mol. The lowest BCUT2D eigenvalue weighted by Gasteiger charge is -2.31. The molecule has 2 nitrogen and oxygen atoms in total. The van der Waals surface area contributed by atoms with Gasteiger partial charge in [-0.2, -0.15) is 0 Å². The van der Waals surface area contributed by atoms with Crippen LogP contribution in [-0.2, 0) is 9.53 Å². The number of unbranched alkanes of at least 4 members (excludes halogenated alkanes) is 1. The molecule has 0 amide bonds. The van der Waals surface area contributed by atoms with Crippen molar-refractivity contribution in [3.05, 3.63) is 23.5 Å². The molecule has 0 heterocycles. The molecule has 0 aromatic carbocycles. The van der Waals surface area contributed by atoms with Crippen molar-refractivity contribution in [1.29, 1.82) is 0 Å². The number of hydrogen-bond donors (Lipinski definition) is 0. The van der Waals surface area contributed by atoms with E-state index in [0.29, 0.717) is 12.5 Å². The summed E-state index contributed by atoms with van der Waals surface area (Å²) in [5, 5.41) is 0. The largest absolute Gasteiger partial charge is 0.493 e. The van der Waals surface area contributed by atoms with Gasteiger partial charge in [-0.3, -0.25) is 4.79 Å². The van der Waals surface area contributed by atoms with E-state index >= 15 is 0 Å². The van der Waals surface area contributed by atoms with Crippen LogP contribution >= 0.6 is 0 Å². The molecule has 0 radical (unpaired) electrons. The first kappa shape index (κ1) is 14.0. The molecule has 0 N–H and O–H groups in total. The van der Waals surface area contributed by atoms with Crippen LogP contribution in [0.1, 0.15) is 47.0 Å². The van der Waals surface area contributed by atoms with Gasteiger partial charge in [0.2, 0.25) is 0 Å². The lowest BCUT2D eigenvalue weighted by atomic mass is 9.75. The zero-order valence-corrected chi connectivity index (χ0v) is 11.5. The topological polar surface area (TPSA) is 26.3 Å². The average Bonchev–Trinajstić information content (AvgIpc) is 2.28. The first-order valence-corrected chi connectivity index (χ1v) is 6.48. The van der Waals surface area contributed by atoms with Gasteiger partial charge in [-0.05, 0) is 30.3 Å². The zero-order chi connectivity index (χ0) is 12.9. The van der Waals surface area contributed by atoms with Crippen LogP contribution in [0.3, 0.4) is 0 Å². The zero-order valence-electron chi connectivity index (χ0n) is 11.5. The van der Waals surface area contributed by atoms with Gasteiger partial charge < -0.3 is 4.74 Å². The van der Waals surface area contributed by atoms with Crippen molar-refractivity contribution >= 4 is 6.29 Å². The van der Waals surface area contributed by atoms with E-state index < -0.39 is 0 Å². The molecule has 1 rings (SSSR count). The Hall–Kier alpha value is -1.05. The summed E-state index contributed by atoms with van der Waals surface area (Å²) in [4.78, 5) is 11.1. The van der Waals surface area contributed by atoms with Crippen LogP contribution in [0.2, 0.25) is 0 Å². The molecule has 0 bridgehead atoms. The molecule has 1 aliphatic carbocycles. The minimum absolute atomic E-state index is 0.194. The second-order valence-electron chi connectivity index (χ2n) is 5.75. The summed E-state index contributed by atoms with van der Waals surface area (Å²) in [5.74, 6) is 1.19. The molecule has 1 unspecified atom stereocenters. The Balaban J connectivity index is 2.68. The fraction of sp³-hybridized carbons (Fsp3) is 0.667. The van der Waals surface area contributed by atoms with Crippen molar-refractivity contribution in [2.75, 3.05) is 6.61 Å². The van der Waals surface area contributed by atoms with E-state index in [1.165, 1.54) is 0 Å². The maximum Gasteiger partial charge on any atom is 0.149 e. The van der Waals surface area contributed by atoms with Crippen molar-refractivity contribution in [1.82, 2.24) is 0 Å². The minimum Gasteiger partial charge on any atom is -0.493 e. The molecule has 0 saturated carbocycles. The van der Waals surface area contributed by atoms with Crippen LogP contribution in [0.4, 0.5) is 0 Å². The van der Waals surface area contributed by atoms with Crippen molar-refractivity contribution in [3.8, 4) is 0 Å². The van der Waals surface area contributed by atoms with Crippen LogP contribution in [0, 0.1) is 11.3 Å². The van der Waals surface area contributed by atoms with Crippen LogP contribution in [0.15, 0.2) is 23.5 Å². The van der Waals surface area contributed by atoms with E-state index in [4.69, 9.17) is 4.74 Å². The quantitative estimate of drug-likeness (QED) is 0.535. The highest BCUT2D eigenvalue weighted by atomic mass is 16.5. The van der Waals surface area contributed by atoms with Crippen molar-refractivity contribution < 1.29 is 9.53 Å². The number of allylic oxidation sites excluding steroid dienone is 3. The third kappa shape index (κ3) is 4.03. The number of aldehydes is 1. The van der Waals surface area contributed by atoms with E-state index in [2.05, 4.69) is 33.8 Å². The first-order valence-electron chi connectivity index (χ1n) is 6.48. The SMILES string of the molecule is CCCCOC1=C(C=O)CC(C(C)(C)C)C=C1. The predicted molar refractivity (Wildman–Crippen MR) is 70.7 cm³/mol. The third-order valence-corrected chi connectivity index (χ3v) is 3.25. The van der Waals surface area contributed by atoms with Crippen molar-refractivity contribution in [3.63, 3.8) is 0 Å². The normalized spacial score (nSPS) is 20.6. The van der Waals surface area contributed by atoms with E-state index in [9.17, 15) is 4.79 Å². The van der Waals surface area contributed by atoms with Gasteiger partial charge in [-0.25, -0.2) is 0 Å². The molecule has 0 saturated heterocycles. The van der Waals surface area contributed by atoms with E-state index in [-0.39, 0.29) is 5.41 Å². The van der Waals surface area contributed by atoms with Gasteiger partial charge in [-0.1, -0.05) is 40.2 Å². The highest BCUT2D eigenvalue weighted by Crippen LogP contribution is 2.35. The van der Waals surface area contributed by atoms with Crippen LogP contribution in [-0.4, -0.2) is 12.9 Å². The third-order valence-electron chi connectivity index (χ3n) is 3.25. The Kier molecular flexibility index (Phi) is 4.98. The maximum atomic E-state index is 11.1. The Morgan fingerprint density at radius 2 is 2.18 bits per heavy atom. The average molecular weight is 236 g/mol. The molecular formula is C15H24O2. The minimum atomic E-state index is 0.194. The van der Waals surface area contributed by atoms with Gasteiger partial charge in [0.25, 0.3) is 0 Å². The van der Waals surface area contributed by atoms with E-state index in [1.807, 2.05) is 6.08 Å². The Labute approximate surface area is 105 Å². The Morgan fingerprint density at radius 1 is 1.47 bits per heavy atom. The van der Waals surface area contributed by atoms with Crippen molar-refractivity contribution in [2.45, 2.75) is 47.0 Å². The molecule has 2 heteroatoms. The fourth-order valence-electron chi connectivity index (χ4n) is 1.88. The Bertz CT molecular complexity index is 318. The van der Waals surface area contributed by atoms with Gasteiger partial charge in [-0.15, -0.1) is 0 Å².